The molecule has 2 aliphatic rings. The number of rotatable bonds is 2. The first-order valence-electron chi connectivity index (χ1n) is 5.44. The van der Waals surface area contributed by atoms with Crippen molar-refractivity contribution in [2.45, 2.75) is 38.1 Å². The first-order valence-corrected chi connectivity index (χ1v) is 5.44. The minimum absolute atomic E-state index is 0.438. The second-order valence-corrected chi connectivity index (χ2v) is 4.27. The first kappa shape index (κ1) is 9.71. The van der Waals surface area contributed by atoms with Crippen LogP contribution in [-0.2, 0) is 4.79 Å². The van der Waals surface area contributed by atoms with Crippen LogP contribution < -0.4 is 5.32 Å². The summed E-state index contributed by atoms with van der Waals surface area (Å²) in [6, 6.07) is -0.438. The van der Waals surface area contributed by atoms with E-state index in [-0.39, 0.29) is 0 Å². The van der Waals surface area contributed by atoms with Gasteiger partial charge in [0.2, 0.25) is 0 Å². The third-order valence-corrected chi connectivity index (χ3v) is 3.30. The standard InChI is InChI=1S/C11H17NO2/c13-11(14)10-6-9(7-12-10)8-4-2-1-3-5-8/h6,8,10,12H,1-5,7H2,(H,13,14)/t10-/m0/s1. The number of carbonyl (C=O) groups is 1. The van der Waals surface area contributed by atoms with Gasteiger partial charge >= 0.3 is 5.97 Å². The van der Waals surface area contributed by atoms with Crippen LogP contribution in [0, 0.1) is 5.92 Å². The fraction of sp³-hybridized carbons (Fsp3) is 0.727. The Labute approximate surface area is 84.2 Å². The Bertz CT molecular complexity index is 254. The van der Waals surface area contributed by atoms with E-state index in [1.165, 1.54) is 37.7 Å². The third kappa shape index (κ3) is 1.98. The second kappa shape index (κ2) is 4.13. The minimum atomic E-state index is -0.754. The predicted octanol–water partition coefficient (Wildman–Crippen LogP) is 1.55. The van der Waals surface area contributed by atoms with E-state index in [0.717, 1.165) is 6.54 Å². The number of nitrogens with one attached hydrogen (secondary N) is 1. The Balaban J connectivity index is 1.97. The van der Waals surface area contributed by atoms with Crippen molar-refractivity contribution in [1.29, 1.82) is 0 Å². The van der Waals surface area contributed by atoms with E-state index in [4.69, 9.17) is 5.11 Å². The average molecular weight is 195 g/mol. The zero-order valence-corrected chi connectivity index (χ0v) is 8.33. The molecule has 0 spiro atoms. The van der Waals surface area contributed by atoms with Gasteiger partial charge < -0.3 is 5.11 Å². The fourth-order valence-electron chi connectivity index (χ4n) is 2.47. The molecule has 0 aromatic rings. The zero-order valence-electron chi connectivity index (χ0n) is 8.33. The maximum Gasteiger partial charge on any atom is 0.324 e. The van der Waals surface area contributed by atoms with Crippen molar-refractivity contribution in [2.75, 3.05) is 6.54 Å². The molecule has 1 heterocycles. The van der Waals surface area contributed by atoms with E-state index in [2.05, 4.69) is 5.32 Å². The lowest BCUT2D eigenvalue weighted by atomic mass is 9.84. The van der Waals surface area contributed by atoms with Gasteiger partial charge in [-0.25, -0.2) is 0 Å². The molecule has 0 amide bonds. The monoisotopic (exact) mass is 195 g/mol. The molecule has 3 nitrogen and oxygen atoms in total. The Morgan fingerprint density at radius 1 is 1.36 bits per heavy atom. The van der Waals surface area contributed by atoms with Crippen molar-refractivity contribution in [3.63, 3.8) is 0 Å². The molecule has 1 aliphatic heterocycles. The van der Waals surface area contributed by atoms with Gasteiger partial charge in [-0.15, -0.1) is 0 Å². The van der Waals surface area contributed by atoms with E-state index in [9.17, 15) is 4.79 Å². The summed E-state index contributed by atoms with van der Waals surface area (Å²) in [7, 11) is 0. The summed E-state index contributed by atoms with van der Waals surface area (Å²) >= 11 is 0. The van der Waals surface area contributed by atoms with Crippen LogP contribution in [0.25, 0.3) is 0 Å². The molecule has 0 radical (unpaired) electrons. The minimum Gasteiger partial charge on any atom is -0.480 e. The summed E-state index contributed by atoms with van der Waals surface area (Å²) in [4.78, 5) is 10.7. The lowest BCUT2D eigenvalue weighted by molar-refractivity contribution is -0.137. The summed E-state index contributed by atoms with van der Waals surface area (Å²) in [6.07, 6.45) is 8.37. The van der Waals surface area contributed by atoms with E-state index in [0.29, 0.717) is 5.92 Å². The zero-order chi connectivity index (χ0) is 9.97. The second-order valence-electron chi connectivity index (χ2n) is 4.27. The summed E-state index contributed by atoms with van der Waals surface area (Å²) in [5.41, 5.74) is 1.33. The van der Waals surface area contributed by atoms with Crippen molar-refractivity contribution < 1.29 is 9.90 Å². The van der Waals surface area contributed by atoms with Gasteiger partial charge in [0.25, 0.3) is 0 Å². The van der Waals surface area contributed by atoms with Gasteiger partial charge in [0, 0.05) is 6.54 Å². The van der Waals surface area contributed by atoms with Crippen LogP contribution in [0.15, 0.2) is 11.6 Å². The van der Waals surface area contributed by atoms with Crippen LogP contribution >= 0.6 is 0 Å². The van der Waals surface area contributed by atoms with Crippen LogP contribution in [-0.4, -0.2) is 23.7 Å². The molecule has 1 fully saturated rings. The molecule has 0 saturated heterocycles. The summed E-state index contributed by atoms with van der Waals surface area (Å²) in [5.74, 6) is -0.101. The molecule has 3 heteroatoms. The van der Waals surface area contributed by atoms with Gasteiger partial charge in [0.15, 0.2) is 0 Å². The molecular formula is C11H17NO2. The lowest BCUT2D eigenvalue weighted by Crippen LogP contribution is -2.30. The quantitative estimate of drug-likeness (QED) is 0.657. The third-order valence-electron chi connectivity index (χ3n) is 3.30. The van der Waals surface area contributed by atoms with Crippen molar-refractivity contribution in [2.24, 2.45) is 5.92 Å². The predicted molar refractivity (Wildman–Crippen MR) is 54.1 cm³/mol. The summed E-state index contributed by atoms with van der Waals surface area (Å²) in [5, 5.41) is 11.8. The summed E-state index contributed by atoms with van der Waals surface area (Å²) in [6.45, 7) is 0.779. The Kier molecular flexibility index (Phi) is 2.87. The number of aliphatic carboxylic acids is 1. The van der Waals surface area contributed by atoms with E-state index < -0.39 is 12.0 Å². The topological polar surface area (TPSA) is 49.3 Å². The molecule has 1 saturated carbocycles. The highest BCUT2D eigenvalue weighted by Crippen LogP contribution is 2.31. The molecular weight excluding hydrogens is 178 g/mol. The molecule has 0 aromatic heterocycles. The highest BCUT2D eigenvalue weighted by atomic mass is 16.4. The SMILES string of the molecule is O=C(O)[C@@H]1C=C(C2CCCCC2)CN1. The number of hydrogen-bond donors (Lipinski definition) is 2. The largest absolute Gasteiger partial charge is 0.480 e. The maximum atomic E-state index is 10.7. The first-order chi connectivity index (χ1) is 6.77. The fourth-order valence-corrected chi connectivity index (χ4v) is 2.47. The van der Waals surface area contributed by atoms with Crippen molar-refractivity contribution in [3.8, 4) is 0 Å². The molecule has 1 atom stereocenters. The molecule has 2 N–H and O–H groups in total. The van der Waals surface area contributed by atoms with Crippen LogP contribution in [0.4, 0.5) is 0 Å². The van der Waals surface area contributed by atoms with Gasteiger partial charge in [-0.3, -0.25) is 10.1 Å². The maximum absolute atomic E-state index is 10.7. The van der Waals surface area contributed by atoms with Crippen molar-refractivity contribution in [1.82, 2.24) is 5.32 Å². The van der Waals surface area contributed by atoms with Gasteiger partial charge in [0.1, 0.15) is 6.04 Å². The molecule has 2 rings (SSSR count). The average Bonchev–Trinajstić information content (AvgIpc) is 2.68. The summed E-state index contributed by atoms with van der Waals surface area (Å²) < 4.78 is 0. The van der Waals surface area contributed by atoms with Crippen LogP contribution in [0.3, 0.4) is 0 Å². The lowest BCUT2D eigenvalue weighted by Gasteiger charge is -2.22. The molecule has 1 aliphatic carbocycles. The molecule has 0 unspecified atom stereocenters. The smallest absolute Gasteiger partial charge is 0.324 e. The van der Waals surface area contributed by atoms with Gasteiger partial charge in [-0.1, -0.05) is 30.9 Å². The van der Waals surface area contributed by atoms with Gasteiger partial charge in [0.05, 0.1) is 0 Å². The highest BCUT2D eigenvalue weighted by molar-refractivity contribution is 5.76. The van der Waals surface area contributed by atoms with Crippen LogP contribution in [0.5, 0.6) is 0 Å². The van der Waals surface area contributed by atoms with Gasteiger partial charge in [-0.05, 0) is 18.8 Å². The van der Waals surface area contributed by atoms with Gasteiger partial charge in [-0.2, -0.15) is 0 Å². The Hall–Kier alpha value is -0.830. The van der Waals surface area contributed by atoms with E-state index >= 15 is 0 Å². The number of hydrogen-bond acceptors (Lipinski definition) is 2. The Morgan fingerprint density at radius 3 is 2.64 bits per heavy atom. The van der Waals surface area contributed by atoms with Crippen LogP contribution in [0.1, 0.15) is 32.1 Å². The molecule has 0 aromatic carbocycles. The highest BCUT2D eigenvalue weighted by Gasteiger charge is 2.26. The number of carboxylic acid groups (broad SMARTS) is 1. The molecule has 0 bridgehead atoms. The molecule has 78 valence electrons. The van der Waals surface area contributed by atoms with E-state index in [1.807, 2.05) is 6.08 Å². The van der Waals surface area contributed by atoms with E-state index in [1.54, 1.807) is 0 Å². The van der Waals surface area contributed by atoms with Crippen molar-refractivity contribution >= 4 is 5.97 Å². The normalized spacial score (nSPS) is 28.9. The number of carboxylic acids is 1. The van der Waals surface area contributed by atoms with Crippen molar-refractivity contribution in [3.05, 3.63) is 11.6 Å². The van der Waals surface area contributed by atoms with Crippen LogP contribution in [0.2, 0.25) is 0 Å². The molecule has 14 heavy (non-hydrogen) atoms. The Morgan fingerprint density at radius 2 is 2.07 bits per heavy atom.